The fourth-order valence-corrected chi connectivity index (χ4v) is 3.43. The highest BCUT2D eigenvalue weighted by Gasteiger charge is 2.31. The van der Waals surface area contributed by atoms with Gasteiger partial charge in [0.2, 0.25) is 0 Å². The molecule has 0 aliphatic carbocycles. The van der Waals surface area contributed by atoms with Crippen LogP contribution in [0.15, 0.2) is 54.6 Å². The number of carbonyl (C=O) groups excluding carboxylic acids is 1. The number of carbonyl (C=O) groups is 1. The van der Waals surface area contributed by atoms with Gasteiger partial charge in [-0.2, -0.15) is 0 Å². The highest BCUT2D eigenvalue weighted by molar-refractivity contribution is 6.33. The second kappa shape index (κ2) is 7.69. The molecule has 1 fully saturated rings. The van der Waals surface area contributed by atoms with Crippen molar-refractivity contribution in [1.29, 1.82) is 0 Å². The van der Waals surface area contributed by atoms with Crippen molar-refractivity contribution in [2.75, 3.05) is 38.2 Å². The van der Waals surface area contributed by atoms with Gasteiger partial charge in [-0.3, -0.25) is 4.90 Å². The van der Waals surface area contributed by atoms with E-state index in [9.17, 15) is 4.79 Å². The average Bonchev–Trinajstić information content (AvgIpc) is 2.64. The molecule has 0 aromatic heterocycles. The topological polar surface area (TPSA) is 32.8 Å². The summed E-state index contributed by atoms with van der Waals surface area (Å²) < 4.78 is 5.04. The highest BCUT2D eigenvalue weighted by atomic mass is 35.5. The molecule has 0 amide bonds. The predicted octanol–water partition coefficient (Wildman–Crippen LogP) is 3.38. The second-order valence-electron chi connectivity index (χ2n) is 5.81. The number of rotatable bonds is 4. The van der Waals surface area contributed by atoms with Gasteiger partial charge in [-0.25, -0.2) is 4.79 Å². The number of hydrogen-bond donors (Lipinski definition) is 0. The molecule has 2 aromatic carbocycles. The minimum atomic E-state index is -0.357. The Morgan fingerprint density at radius 2 is 1.62 bits per heavy atom. The first-order valence-electron chi connectivity index (χ1n) is 8.07. The van der Waals surface area contributed by atoms with Gasteiger partial charge in [-0.1, -0.05) is 54.1 Å². The summed E-state index contributed by atoms with van der Waals surface area (Å²) in [4.78, 5) is 16.8. The van der Waals surface area contributed by atoms with Crippen molar-refractivity contribution < 1.29 is 9.53 Å². The van der Waals surface area contributed by atoms with Crippen molar-refractivity contribution in [2.24, 2.45) is 0 Å². The van der Waals surface area contributed by atoms with Crippen molar-refractivity contribution in [3.63, 3.8) is 0 Å². The molecular weight excluding hydrogens is 324 g/mol. The third kappa shape index (κ3) is 3.55. The Morgan fingerprint density at radius 1 is 1.00 bits per heavy atom. The quantitative estimate of drug-likeness (QED) is 0.796. The number of para-hydroxylation sites is 1. The van der Waals surface area contributed by atoms with E-state index >= 15 is 0 Å². The minimum absolute atomic E-state index is 0.215. The van der Waals surface area contributed by atoms with Crippen LogP contribution in [-0.4, -0.2) is 44.2 Å². The molecule has 0 radical (unpaired) electrons. The van der Waals surface area contributed by atoms with Gasteiger partial charge in [0.05, 0.1) is 17.8 Å². The molecule has 2 aromatic rings. The number of ether oxygens (including phenoxy) is 1. The Morgan fingerprint density at radius 3 is 2.25 bits per heavy atom. The normalized spacial score (nSPS) is 16.7. The highest BCUT2D eigenvalue weighted by Crippen LogP contribution is 2.29. The number of anilines is 1. The molecule has 24 heavy (non-hydrogen) atoms. The van der Waals surface area contributed by atoms with E-state index in [4.69, 9.17) is 16.3 Å². The molecule has 0 N–H and O–H groups in total. The van der Waals surface area contributed by atoms with Crippen molar-refractivity contribution in [3.8, 4) is 0 Å². The van der Waals surface area contributed by atoms with E-state index in [0.717, 1.165) is 42.5 Å². The largest absolute Gasteiger partial charge is 0.468 e. The summed E-state index contributed by atoms with van der Waals surface area (Å²) in [6.07, 6.45) is 0. The monoisotopic (exact) mass is 344 g/mol. The molecular formula is C19H21ClN2O2. The van der Waals surface area contributed by atoms with Gasteiger partial charge in [-0.15, -0.1) is 0 Å². The lowest BCUT2D eigenvalue weighted by molar-refractivity contribution is -0.147. The lowest BCUT2D eigenvalue weighted by Gasteiger charge is -2.39. The van der Waals surface area contributed by atoms with Gasteiger partial charge in [0.1, 0.15) is 6.04 Å². The molecule has 3 rings (SSSR count). The summed E-state index contributed by atoms with van der Waals surface area (Å²) in [6.45, 7) is 3.20. The molecule has 0 saturated carbocycles. The fourth-order valence-electron chi connectivity index (χ4n) is 3.17. The summed E-state index contributed by atoms with van der Waals surface area (Å²) in [5, 5.41) is 0.763. The molecule has 1 aliphatic rings. The van der Waals surface area contributed by atoms with Crippen LogP contribution in [0.4, 0.5) is 5.69 Å². The molecule has 4 nitrogen and oxygen atoms in total. The SMILES string of the molecule is COC(=O)C(c1ccccc1)N1CCN(c2ccccc2Cl)CC1. The Kier molecular flexibility index (Phi) is 5.38. The second-order valence-corrected chi connectivity index (χ2v) is 6.22. The van der Waals surface area contributed by atoms with E-state index in [1.807, 2.05) is 54.6 Å². The van der Waals surface area contributed by atoms with Gasteiger partial charge >= 0.3 is 5.97 Å². The van der Waals surface area contributed by atoms with Crippen LogP contribution in [0.25, 0.3) is 0 Å². The van der Waals surface area contributed by atoms with E-state index < -0.39 is 0 Å². The third-order valence-corrected chi connectivity index (χ3v) is 4.73. The number of halogens is 1. The van der Waals surface area contributed by atoms with Crippen LogP contribution in [0.5, 0.6) is 0 Å². The van der Waals surface area contributed by atoms with E-state index in [0.29, 0.717) is 0 Å². The molecule has 1 saturated heterocycles. The first-order valence-corrected chi connectivity index (χ1v) is 8.45. The van der Waals surface area contributed by atoms with Gasteiger partial charge in [-0.05, 0) is 17.7 Å². The summed E-state index contributed by atoms with van der Waals surface area (Å²) in [7, 11) is 1.44. The van der Waals surface area contributed by atoms with Gasteiger partial charge in [0.15, 0.2) is 0 Å². The van der Waals surface area contributed by atoms with Crippen LogP contribution >= 0.6 is 11.6 Å². The number of hydrogen-bond acceptors (Lipinski definition) is 4. The van der Waals surface area contributed by atoms with Crippen LogP contribution in [0, 0.1) is 0 Å². The smallest absolute Gasteiger partial charge is 0.327 e. The zero-order chi connectivity index (χ0) is 16.9. The van der Waals surface area contributed by atoms with Gasteiger partial charge in [0, 0.05) is 26.2 Å². The zero-order valence-electron chi connectivity index (χ0n) is 13.7. The van der Waals surface area contributed by atoms with Crippen LogP contribution < -0.4 is 4.90 Å². The maximum Gasteiger partial charge on any atom is 0.327 e. The first-order chi connectivity index (χ1) is 11.7. The summed E-state index contributed by atoms with van der Waals surface area (Å²) in [6, 6.07) is 17.3. The molecule has 1 heterocycles. The molecule has 1 unspecified atom stereocenters. The average molecular weight is 345 g/mol. The van der Waals surface area contributed by atoms with E-state index in [1.165, 1.54) is 7.11 Å². The van der Waals surface area contributed by atoms with Crippen LogP contribution in [0.3, 0.4) is 0 Å². The number of nitrogens with zero attached hydrogens (tertiary/aromatic N) is 2. The molecule has 0 spiro atoms. The fraction of sp³-hybridized carbons (Fsp3) is 0.316. The third-order valence-electron chi connectivity index (χ3n) is 4.41. The van der Waals surface area contributed by atoms with Crippen molar-refractivity contribution in [2.45, 2.75) is 6.04 Å². The molecule has 126 valence electrons. The maximum absolute atomic E-state index is 12.3. The van der Waals surface area contributed by atoms with Crippen molar-refractivity contribution in [3.05, 3.63) is 65.2 Å². The van der Waals surface area contributed by atoms with Crippen molar-refractivity contribution >= 4 is 23.3 Å². The standard InChI is InChI=1S/C19H21ClN2O2/c1-24-19(23)18(15-7-3-2-4-8-15)22-13-11-21(12-14-22)17-10-6-5-9-16(17)20/h2-10,18H,11-14H2,1H3. The number of piperazine rings is 1. The summed E-state index contributed by atoms with van der Waals surface area (Å²) in [5.74, 6) is -0.215. The lowest BCUT2D eigenvalue weighted by atomic mass is 10.0. The lowest BCUT2D eigenvalue weighted by Crippen LogP contribution is -2.49. The van der Waals surface area contributed by atoms with Gasteiger partial charge in [0.25, 0.3) is 0 Å². The Hall–Kier alpha value is -2.04. The minimum Gasteiger partial charge on any atom is -0.468 e. The van der Waals surface area contributed by atoms with E-state index in [1.54, 1.807) is 0 Å². The van der Waals surface area contributed by atoms with Crippen LogP contribution in [0.2, 0.25) is 5.02 Å². The van der Waals surface area contributed by atoms with Crippen LogP contribution in [0.1, 0.15) is 11.6 Å². The summed E-state index contributed by atoms with van der Waals surface area (Å²) >= 11 is 6.30. The van der Waals surface area contributed by atoms with Gasteiger partial charge < -0.3 is 9.64 Å². The number of methoxy groups -OCH3 is 1. The Bertz CT molecular complexity index is 685. The predicted molar refractivity (Wildman–Crippen MR) is 96.4 cm³/mol. The number of esters is 1. The Labute approximate surface area is 147 Å². The molecule has 1 aliphatic heterocycles. The first kappa shape index (κ1) is 16.8. The number of benzene rings is 2. The van der Waals surface area contributed by atoms with E-state index in [-0.39, 0.29) is 12.0 Å². The molecule has 1 atom stereocenters. The Balaban J connectivity index is 1.74. The molecule has 5 heteroatoms. The maximum atomic E-state index is 12.3. The summed E-state index contributed by atoms with van der Waals surface area (Å²) in [5.41, 5.74) is 2.02. The van der Waals surface area contributed by atoms with Crippen molar-refractivity contribution in [1.82, 2.24) is 4.90 Å². The zero-order valence-corrected chi connectivity index (χ0v) is 14.4. The van der Waals surface area contributed by atoms with E-state index in [2.05, 4.69) is 9.80 Å². The molecule has 0 bridgehead atoms. The van der Waals surface area contributed by atoms with Crippen LogP contribution in [-0.2, 0) is 9.53 Å².